The third-order valence-corrected chi connectivity index (χ3v) is 2.39. The number of fused-ring (bicyclic) bond motifs is 1. The molecule has 2 aromatic rings. The summed E-state index contributed by atoms with van der Waals surface area (Å²) in [6, 6.07) is 9.15. The molecular formula is C18H27N3O2. The van der Waals surface area contributed by atoms with Crippen LogP contribution in [-0.2, 0) is 4.74 Å². The van der Waals surface area contributed by atoms with Gasteiger partial charge in [0.2, 0.25) is 0 Å². The average Bonchev–Trinajstić information content (AvgIpc) is 2.90. The highest BCUT2D eigenvalue weighted by Crippen LogP contribution is 2.20. The molecule has 0 aliphatic heterocycles. The molecule has 126 valence electrons. The van der Waals surface area contributed by atoms with Crippen LogP contribution in [0.2, 0.25) is 0 Å². The minimum atomic E-state index is -0.538. The van der Waals surface area contributed by atoms with Crippen LogP contribution in [0.3, 0.4) is 0 Å². The number of nitrogens with zero attached hydrogens (tertiary/aromatic N) is 1. The second kappa shape index (κ2) is 9.52. The number of ether oxygens (including phenoxy) is 1. The zero-order valence-electron chi connectivity index (χ0n) is 15.1. The van der Waals surface area contributed by atoms with Crippen LogP contribution in [0.25, 0.3) is 10.9 Å². The third kappa shape index (κ3) is 6.88. The van der Waals surface area contributed by atoms with Gasteiger partial charge >= 0.3 is 6.09 Å². The Morgan fingerprint density at radius 1 is 1.17 bits per heavy atom. The smallest absolute Gasteiger partial charge is 0.413 e. The lowest BCUT2D eigenvalue weighted by Crippen LogP contribution is -2.27. The fourth-order valence-electron chi connectivity index (χ4n) is 1.68. The fraction of sp³-hybridized carbons (Fsp3) is 0.444. The van der Waals surface area contributed by atoms with Crippen molar-refractivity contribution in [2.45, 2.75) is 54.1 Å². The number of aromatic amines is 1. The quantitative estimate of drug-likeness (QED) is 0.735. The molecule has 0 aliphatic carbocycles. The Morgan fingerprint density at radius 2 is 1.78 bits per heavy atom. The normalized spacial score (nSPS) is 9.65. The number of amides is 1. The average molecular weight is 317 g/mol. The Morgan fingerprint density at radius 3 is 2.30 bits per heavy atom. The van der Waals surface area contributed by atoms with Gasteiger partial charge in [0.05, 0.1) is 11.6 Å². The van der Waals surface area contributed by atoms with Gasteiger partial charge in [-0.3, -0.25) is 5.32 Å². The highest BCUT2D eigenvalue weighted by molar-refractivity contribution is 5.91. The van der Waals surface area contributed by atoms with Gasteiger partial charge in [-0.05, 0) is 39.0 Å². The van der Waals surface area contributed by atoms with Crippen molar-refractivity contribution >= 4 is 22.8 Å². The number of rotatable bonds is 1. The molecule has 0 atom stereocenters. The van der Waals surface area contributed by atoms with E-state index in [1.54, 1.807) is 39.0 Å². The third-order valence-electron chi connectivity index (χ3n) is 2.39. The van der Waals surface area contributed by atoms with Crippen LogP contribution in [0.15, 0.2) is 24.3 Å². The molecule has 0 bridgehead atoms. The summed E-state index contributed by atoms with van der Waals surface area (Å²) in [5, 5.41) is 12.4. The van der Waals surface area contributed by atoms with Crippen LogP contribution in [0.4, 0.5) is 10.6 Å². The van der Waals surface area contributed by atoms with Crippen LogP contribution in [0.5, 0.6) is 0 Å². The summed E-state index contributed by atoms with van der Waals surface area (Å²) >= 11 is 0. The monoisotopic (exact) mass is 317 g/mol. The molecule has 5 nitrogen and oxygen atoms in total. The van der Waals surface area contributed by atoms with E-state index in [2.05, 4.69) is 16.4 Å². The standard InChI is InChI=1S/C14H15N3O2.2C2H6/c1-14(2,3)19-13(18)17-12-7-10-5-4-9(8-15)6-11(10)16-12;2*1-2/h4-7,16H,1-3H3,(H,17,18);2*1-2H3. The molecule has 0 fully saturated rings. The van der Waals surface area contributed by atoms with E-state index in [1.807, 2.05) is 33.8 Å². The maximum absolute atomic E-state index is 11.6. The van der Waals surface area contributed by atoms with Crippen molar-refractivity contribution < 1.29 is 9.53 Å². The number of benzene rings is 1. The van der Waals surface area contributed by atoms with E-state index in [9.17, 15) is 4.79 Å². The van der Waals surface area contributed by atoms with Gasteiger partial charge in [-0.25, -0.2) is 4.79 Å². The zero-order valence-corrected chi connectivity index (χ0v) is 15.1. The molecule has 0 saturated heterocycles. The van der Waals surface area contributed by atoms with Crippen LogP contribution in [-0.4, -0.2) is 16.7 Å². The molecule has 0 aliphatic rings. The summed E-state index contributed by atoms with van der Waals surface area (Å²) in [5.41, 5.74) is 0.827. The number of nitriles is 1. The van der Waals surface area contributed by atoms with Gasteiger partial charge in [0.1, 0.15) is 11.4 Å². The first-order valence-corrected chi connectivity index (χ1v) is 7.90. The van der Waals surface area contributed by atoms with E-state index in [-0.39, 0.29) is 0 Å². The molecule has 1 amide bonds. The van der Waals surface area contributed by atoms with Crippen molar-refractivity contribution in [1.29, 1.82) is 5.26 Å². The number of carbonyl (C=O) groups is 1. The first kappa shape index (κ1) is 20.5. The molecule has 0 radical (unpaired) electrons. The Bertz CT molecular complexity index is 661. The number of carbonyl (C=O) groups excluding carboxylic acids is 1. The highest BCUT2D eigenvalue weighted by Gasteiger charge is 2.16. The van der Waals surface area contributed by atoms with Gasteiger partial charge in [0.15, 0.2) is 0 Å². The molecule has 0 unspecified atom stereocenters. The first-order chi connectivity index (χ1) is 10.9. The predicted molar refractivity (Wildman–Crippen MR) is 95.6 cm³/mol. The van der Waals surface area contributed by atoms with Crippen molar-refractivity contribution in [2.24, 2.45) is 0 Å². The summed E-state index contributed by atoms with van der Waals surface area (Å²) in [6.45, 7) is 13.4. The van der Waals surface area contributed by atoms with Crippen molar-refractivity contribution in [1.82, 2.24) is 4.98 Å². The number of anilines is 1. The second-order valence-electron chi connectivity index (χ2n) is 5.22. The topological polar surface area (TPSA) is 77.9 Å². The van der Waals surface area contributed by atoms with E-state index in [1.165, 1.54) is 0 Å². The Hall–Kier alpha value is -2.48. The molecule has 0 spiro atoms. The predicted octanol–water partition coefficient (Wildman–Crippen LogP) is 5.44. The number of hydrogen-bond donors (Lipinski definition) is 2. The molecule has 1 aromatic heterocycles. The second-order valence-corrected chi connectivity index (χ2v) is 5.22. The lowest BCUT2D eigenvalue weighted by Gasteiger charge is -2.19. The Kier molecular flexibility index (Phi) is 8.49. The summed E-state index contributed by atoms with van der Waals surface area (Å²) in [5.74, 6) is 0.541. The first-order valence-electron chi connectivity index (χ1n) is 7.90. The largest absolute Gasteiger partial charge is 0.444 e. The summed E-state index contributed by atoms with van der Waals surface area (Å²) in [7, 11) is 0. The maximum atomic E-state index is 11.6. The van der Waals surface area contributed by atoms with Gasteiger partial charge in [-0.1, -0.05) is 33.8 Å². The van der Waals surface area contributed by atoms with Crippen LogP contribution >= 0.6 is 0 Å². The number of hydrogen-bond acceptors (Lipinski definition) is 3. The molecule has 5 heteroatoms. The minimum absolute atomic E-state index is 0.514. The molecule has 2 N–H and O–H groups in total. The SMILES string of the molecule is CC.CC.CC(C)(C)OC(=O)Nc1cc2ccc(C#N)cc2[nH]1. The lowest BCUT2D eigenvalue weighted by molar-refractivity contribution is 0.0635. The molecule has 2 rings (SSSR count). The van der Waals surface area contributed by atoms with Crippen molar-refractivity contribution in [3.8, 4) is 6.07 Å². The van der Waals surface area contributed by atoms with Crippen LogP contribution in [0, 0.1) is 11.3 Å². The van der Waals surface area contributed by atoms with Crippen LogP contribution < -0.4 is 5.32 Å². The van der Waals surface area contributed by atoms with E-state index in [0.717, 1.165) is 10.9 Å². The maximum Gasteiger partial charge on any atom is 0.413 e. The fourth-order valence-corrected chi connectivity index (χ4v) is 1.68. The van der Waals surface area contributed by atoms with Gasteiger partial charge in [0.25, 0.3) is 0 Å². The molecule has 1 heterocycles. The lowest BCUT2D eigenvalue weighted by atomic mass is 10.2. The van der Waals surface area contributed by atoms with Crippen molar-refractivity contribution in [3.05, 3.63) is 29.8 Å². The highest BCUT2D eigenvalue weighted by atomic mass is 16.6. The summed E-state index contributed by atoms with van der Waals surface area (Å²) in [6.07, 6.45) is -0.514. The van der Waals surface area contributed by atoms with E-state index in [4.69, 9.17) is 10.00 Å². The number of H-pyrrole nitrogens is 1. The van der Waals surface area contributed by atoms with E-state index < -0.39 is 11.7 Å². The van der Waals surface area contributed by atoms with Crippen molar-refractivity contribution in [3.63, 3.8) is 0 Å². The Labute approximate surface area is 138 Å². The zero-order chi connectivity index (χ0) is 18.0. The van der Waals surface area contributed by atoms with E-state index >= 15 is 0 Å². The number of nitrogens with one attached hydrogen (secondary N) is 2. The minimum Gasteiger partial charge on any atom is -0.444 e. The number of aromatic nitrogens is 1. The molecule has 1 aromatic carbocycles. The summed E-state index contributed by atoms with van der Waals surface area (Å²) < 4.78 is 5.16. The molecular weight excluding hydrogens is 290 g/mol. The van der Waals surface area contributed by atoms with Gasteiger partial charge < -0.3 is 9.72 Å². The molecule has 23 heavy (non-hydrogen) atoms. The van der Waals surface area contributed by atoms with Gasteiger partial charge in [0, 0.05) is 10.9 Å². The van der Waals surface area contributed by atoms with Gasteiger partial charge in [-0.2, -0.15) is 5.26 Å². The van der Waals surface area contributed by atoms with E-state index in [0.29, 0.717) is 11.4 Å². The van der Waals surface area contributed by atoms with Crippen LogP contribution in [0.1, 0.15) is 54.0 Å². The van der Waals surface area contributed by atoms with Gasteiger partial charge in [-0.15, -0.1) is 0 Å². The van der Waals surface area contributed by atoms with Crippen molar-refractivity contribution in [2.75, 3.05) is 5.32 Å². The summed E-state index contributed by atoms with van der Waals surface area (Å²) in [4.78, 5) is 14.6. The Balaban J connectivity index is 0.00000112. The molecule has 0 saturated carbocycles.